The van der Waals surface area contributed by atoms with Crippen LogP contribution in [-0.4, -0.2) is 12.5 Å². The van der Waals surface area contributed by atoms with Crippen LogP contribution >= 0.6 is 39.7 Å². The number of carbonyl (C=O) groups is 1. The molecule has 0 spiro atoms. The number of hydrogen-bond donors (Lipinski definition) is 2. The molecule has 0 saturated carbocycles. The Labute approximate surface area is 143 Å². The van der Waals surface area contributed by atoms with Gasteiger partial charge in [-0.1, -0.05) is 25.1 Å². The van der Waals surface area contributed by atoms with E-state index < -0.39 is 0 Å². The van der Waals surface area contributed by atoms with Gasteiger partial charge in [0.2, 0.25) is 5.91 Å². The first-order valence-electron chi connectivity index (χ1n) is 6.51. The van der Waals surface area contributed by atoms with Crippen LogP contribution in [0.15, 0.2) is 40.2 Å². The van der Waals surface area contributed by atoms with Crippen molar-refractivity contribution in [1.29, 1.82) is 0 Å². The van der Waals surface area contributed by atoms with Crippen LogP contribution in [0.25, 0.3) is 0 Å². The molecule has 0 aliphatic carbocycles. The Morgan fingerprint density at radius 2 is 2.00 bits per heavy atom. The third-order valence-electron chi connectivity index (χ3n) is 2.82. The van der Waals surface area contributed by atoms with Crippen LogP contribution in [-0.2, 0) is 17.8 Å². The monoisotopic (exact) mass is 388 g/mol. The predicted octanol–water partition coefficient (Wildman–Crippen LogP) is 4.22. The Morgan fingerprint density at radius 3 is 2.67 bits per heavy atom. The number of para-hydroxylation sites is 1. The van der Waals surface area contributed by atoms with Gasteiger partial charge >= 0.3 is 0 Å². The lowest BCUT2D eigenvalue weighted by molar-refractivity contribution is -0.115. The first kappa shape index (κ1) is 18.2. The summed E-state index contributed by atoms with van der Waals surface area (Å²) in [5.41, 5.74) is 1.99. The Hall–Kier alpha value is -0.880. The van der Waals surface area contributed by atoms with Gasteiger partial charge in [0, 0.05) is 17.1 Å². The summed E-state index contributed by atoms with van der Waals surface area (Å²) in [5, 5.41) is 6.27. The second-order valence-corrected chi connectivity index (χ2v) is 6.92. The highest BCUT2D eigenvalue weighted by atomic mass is 79.9. The van der Waals surface area contributed by atoms with Crippen molar-refractivity contribution in [2.45, 2.75) is 19.9 Å². The fraction of sp³-hybridized carbons (Fsp3) is 0.267. The average molecular weight is 390 g/mol. The number of nitrogens with one attached hydrogen (secondary N) is 2. The van der Waals surface area contributed by atoms with E-state index in [0.717, 1.165) is 33.0 Å². The first-order chi connectivity index (χ1) is 9.69. The maximum absolute atomic E-state index is 12.1. The van der Waals surface area contributed by atoms with E-state index in [4.69, 9.17) is 0 Å². The minimum Gasteiger partial charge on any atom is -0.325 e. The quantitative estimate of drug-likeness (QED) is 0.776. The van der Waals surface area contributed by atoms with Crippen LogP contribution in [0.5, 0.6) is 0 Å². The molecule has 0 aliphatic heterocycles. The SMILES string of the molecule is CCNCc1ccccc1NC(=O)Cc1ccc(Br)s1.Cl. The van der Waals surface area contributed by atoms with Gasteiger partial charge in [-0.05, 0) is 46.2 Å². The van der Waals surface area contributed by atoms with E-state index in [-0.39, 0.29) is 18.3 Å². The highest BCUT2D eigenvalue weighted by molar-refractivity contribution is 9.11. The van der Waals surface area contributed by atoms with Crippen molar-refractivity contribution in [3.63, 3.8) is 0 Å². The molecule has 0 radical (unpaired) electrons. The standard InChI is InChI=1S/C15H17BrN2OS.ClH/c1-2-17-10-11-5-3-4-6-13(11)18-15(19)9-12-7-8-14(16)20-12;/h3-8,17H,2,9-10H2,1H3,(H,18,19);1H. The highest BCUT2D eigenvalue weighted by Crippen LogP contribution is 2.23. The molecule has 1 amide bonds. The topological polar surface area (TPSA) is 41.1 Å². The Morgan fingerprint density at radius 1 is 1.24 bits per heavy atom. The van der Waals surface area contributed by atoms with Crippen molar-refractivity contribution in [2.75, 3.05) is 11.9 Å². The summed E-state index contributed by atoms with van der Waals surface area (Å²) in [6.07, 6.45) is 0.409. The van der Waals surface area contributed by atoms with Gasteiger partial charge in [-0.2, -0.15) is 0 Å². The summed E-state index contributed by atoms with van der Waals surface area (Å²) < 4.78 is 1.05. The van der Waals surface area contributed by atoms with Crippen LogP contribution in [0.1, 0.15) is 17.4 Å². The van der Waals surface area contributed by atoms with Crippen LogP contribution in [0.4, 0.5) is 5.69 Å². The fourth-order valence-electron chi connectivity index (χ4n) is 1.86. The van der Waals surface area contributed by atoms with E-state index in [2.05, 4.69) is 33.5 Å². The molecule has 0 fully saturated rings. The fourth-order valence-corrected chi connectivity index (χ4v) is 3.34. The van der Waals surface area contributed by atoms with Crippen molar-refractivity contribution in [3.05, 3.63) is 50.6 Å². The lowest BCUT2D eigenvalue weighted by Gasteiger charge is -2.11. The lowest BCUT2D eigenvalue weighted by atomic mass is 10.1. The molecule has 21 heavy (non-hydrogen) atoms. The predicted molar refractivity (Wildman–Crippen MR) is 95.4 cm³/mol. The molecule has 6 heteroatoms. The number of thiophene rings is 1. The zero-order valence-corrected chi connectivity index (χ0v) is 14.9. The Kier molecular flexibility index (Phi) is 7.96. The summed E-state index contributed by atoms with van der Waals surface area (Å²) in [6, 6.07) is 11.8. The van der Waals surface area contributed by atoms with E-state index >= 15 is 0 Å². The molecule has 2 rings (SSSR count). The number of rotatable bonds is 6. The number of carbonyl (C=O) groups excluding carboxylic acids is 1. The normalized spacial score (nSPS) is 10.0. The van der Waals surface area contributed by atoms with E-state index in [1.54, 1.807) is 11.3 Å². The number of benzene rings is 1. The molecule has 0 unspecified atom stereocenters. The second kappa shape index (κ2) is 9.20. The van der Waals surface area contributed by atoms with Gasteiger partial charge in [-0.25, -0.2) is 0 Å². The smallest absolute Gasteiger partial charge is 0.229 e. The second-order valence-electron chi connectivity index (χ2n) is 4.37. The Bertz CT molecular complexity index is 589. The Balaban J connectivity index is 0.00000220. The number of amides is 1. The van der Waals surface area contributed by atoms with Crippen molar-refractivity contribution >= 4 is 51.3 Å². The number of anilines is 1. The van der Waals surface area contributed by atoms with Gasteiger partial charge in [0.1, 0.15) is 0 Å². The third kappa shape index (κ3) is 5.79. The molecule has 1 aromatic heterocycles. The molecule has 1 heterocycles. The van der Waals surface area contributed by atoms with Crippen molar-refractivity contribution in [1.82, 2.24) is 5.32 Å². The summed E-state index contributed by atoms with van der Waals surface area (Å²) in [6.45, 7) is 3.73. The molecule has 2 aromatic rings. The van der Waals surface area contributed by atoms with E-state index in [9.17, 15) is 4.79 Å². The van der Waals surface area contributed by atoms with E-state index in [1.807, 2.05) is 36.4 Å². The average Bonchev–Trinajstić information content (AvgIpc) is 2.83. The van der Waals surface area contributed by atoms with Crippen LogP contribution in [0, 0.1) is 0 Å². The van der Waals surface area contributed by atoms with Crippen LogP contribution < -0.4 is 10.6 Å². The van der Waals surface area contributed by atoms with Gasteiger partial charge in [0.15, 0.2) is 0 Å². The maximum atomic E-state index is 12.1. The third-order valence-corrected chi connectivity index (χ3v) is 4.44. The molecule has 1 aromatic carbocycles. The molecule has 0 atom stereocenters. The van der Waals surface area contributed by atoms with Crippen LogP contribution in [0.3, 0.4) is 0 Å². The summed E-state index contributed by atoms with van der Waals surface area (Å²) >= 11 is 5.00. The minimum absolute atomic E-state index is 0. The van der Waals surface area contributed by atoms with Crippen LogP contribution in [0.2, 0.25) is 0 Å². The van der Waals surface area contributed by atoms with Gasteiger partial charge in [-0.15, -0.1) is 23.7 Å². The molecule has 0 saturated heterocycles. The molecule has 3 nitrogen and oxygen atoms in total. The number of halogens is 2. The zero-order chi connectivity index (χ0) is 14.4. The highest BCUT2D eigenvalue weighted by Gasteiger charge is 2.08. The lowest BCUT2D eigenvalue weighted by Crippen LogP contribution is -2.18. The van der Waals surface area contributed by atoms with Crippen molar-refractivity contribution in [3.8, 4) is 0 Å². The van der Waals surface area contributed by atoms with E-state index in [0.29, 0.717) is 6.42 Å². The van der Waals surface area contributed by atoms with Gasteiger partial charge in [-0.3, -0.25) is 4.79 Å². The number of hydrogen-bond acceptors (Lipinski definition) is 3. The van der Waals surface area contributed by atoms with Gasteiger partial charge < -0.3 is 10.6 Å². The molecular formula is C15H18BrClN2OS. The summed E-state index contributed by atoms with van der Waals surface area (Å²) in [4.78, 5) is 13.1. The molecule has 114 valence electrons. The summed E-state index contributed by atoms with van der Waals surface area (Å²) in [5.74, 6) is 0.0169. The zero-order valence-electron chi connectivity index (χ0n) is 11.7. The first-order valence-corrected chi connectivity index (χ1v) is 8.12. The molecule has 0 bridgehead atoms. The maximum Gasteiger partial charge on any atom is 0.229 e. The molecule has 2 N–H and O–H groups in total. The molecule has 0 aliphatic rings. The van der Waals surface area contributed by atoms with Crippen molar-refractivity contribution in [2.24, 2.45) is 0 Å². The largest absolute Gasteiger partial charge is 0.325 e. The van der Waals surface area contributed by atoms with Crippen molar-refractivity contribution < 1.29 is 4.79 Å². The van der Waals surface area contributed by atoms with Gasteiger partial charge in [0.05, 0.1) is 10.2 Å². The summed E-state index contributed by atoms with van der Waals surface area (Å²) in [7, 11) is 0. The minimum atomic E-state index is 0. The molecular weight excluding hydrogens is 372 g/mol. The van der Waals surface area contributed by atoms with E-state index in [1.165, 1.54) is 0 Å². The van der Waals surface area contributed by atoms with Gasteiger partial charge in [0.25, 0.3) is 0 Å².